The molecule has 1 fully saturated rings. The number of hydrogen-bond acceptors (Lipinski definition) is 2. The third kappa shape index (κ3) is 1.95. The van der Waals surface area contributed by atoms with Gasteiger partial charge in [-0.15, -0.1) is 0 Å². The molecule has 0 amide bonds. The Balaban J connectivity index is 1.75. The first kappa shape index (κ1) is 11.5. The molecule has 1 aromatic heterocycles. The normalized spacial score (nSPS) is 23.9. The van der Waals surface area contributed by atoms with E-state index < -0.39 is 6.10 Å². The molecule has 3 heteroatoms. The average molecular weight is 242 g/mol. The first-order valence-corrected chi connectivity index (χ1v) is 6.40. The van der Waals surface area contributed by atoms with Crippen molar-refractivity contribution in [2.45, 2.75) is 25.4 Å². The Labute approximate surface area is 107 Å². The number of aliphatic hydroxyl groups is 1. The van der Waals surface area contributed by atoms with Crippen LogP contribution in [0.15, 0.2) is 36.4 Å². The minimum absolute atomic E-state index is 0.321. The number of aliphatic hydroxyl groups excluding tert-OH is 1. The Bertz CT molecular complexity index is 527. The number of nitrogens with zero attached hydrogens (tertiary/aromatic N) is 2. The molecule has 1 N–H and O–H groups in total. The molecule has 3 atom stereocenters. The van der Waals surface area contributed by atoms with E-state index >= 15 is 0 Å². The monoisotopic (exact) mass is 242 g/mol. The number of aryl methyl sites for hydroxylation is 2. The summed E-state index contributed by atoms with van der Waals surface area (Å²) in [6, 6.07) is 12.4. The molecule has 3 unspecified atom stereocenters. The van der Waals surface area contributed by atoms with Gasteiger partial charge in [-0.25, -0.2) is 0 Å². The summed E-state index contributed by atoms with van der Waals surface area (Å²) >= 11 is 0. The van der Waals surface area contributed by atoms with E-state index in [1.807, 2.05) is 30.8 Å². The van der Waals surface area contributed by atoms with Crippen LogP contribution in [0.5, 0.6) is 0 Å². The summed E-state index contributed by atoms with van der Waals surface area (Å²) in [6.45, 7) is 2.00. The van der Waals surface area contributed by atoms with E-state index in [0.29, 0.717) is 11.8 Å². The number of hydrogen-bond donors (Lipinski definition) is 1. The molecule has 0 spiro atoms. The van der Waals surface area contributed by atoms with Gasteiger partial charge in [-0.3, -0.25) is 4.68 Å². The summed E-state index contributed by atoms with van der Waals surface area (Å²) in [6.07, 6.45) is 0.621. The molecule has 1 aromatic carbocycles. The summed E-state index contributed by atoms with van der Waals surface area (Å²) in [7, 11) is 1.91. The standard InChI is InChI=1S/C15H18N2O/c1-10-8-14(16-17(10)2)15(18)13-9-12(13)11-6-4-3-5-7-11/h3-8,12-13,15,18H,9H2,1-2H3. The largest absolute Gasteiger partial charge is 0.386 e. The van der Waals surface area contributed by atoms with E-state index in [9.17, 15) is 5.11 Å². The summed E-state index contributed by atoms with van der Waals surface area (Å²) in [5.74, 6) is 0.810. The minimum Gasteiger partial charge on any atom is -0.386 e. The molecule has 1 heterocycles. The van der Waals surface area contributed by atoms with Crippen LogP contribution in [0.4, 0.5) is 0 Å². The van der Waals surface area contributed by atoms with Crippen LogP contribution in [0.25, 0.3) is 0 Å². The number of benzene rings is 1. The van der Waals surface area contributed by atoms with Crippen molar-refractivity contribution in [2.24, 2.45) is 13.0 Å². The van der Waals surface area contributed by atoms with E-state index in [-0.39, 0.29) is 0 Å². The maximum absolute atomic E-state index is 10.4. The molecule has 18 heavy (non-hydrogen) atoms. The van der Waals surface area contributed by atoms with Crippen molar-refractivity contribution in [3.8, 4) is 0 Å². The van der Waals surface area contributed by atoms with E-state index in [2.05, 4.69) is 29.4 Å². The highest BCUT2D eigenvalue weighted by atomic mass is 16.3. The fraction of sp³-hybridized carbons (Fsp3) is 0.400. The lowest BCUT2D eigenvalue weighted by atomic mass is 10.1. The van der Waals surface area contributed by atoms with E-state index in [1.54, 1.807) is 0 Å². The second-order valence-electron chi connectivity index (χ2n) is 5.20. The maximum Gasteiger partial charge on any atom is 0.101 e. The summed E-state index contributed by atoms with van der Waals surface area (Å²) in [4.78, 5) is 0. The van der Waals surface area contributed by atoms with Crippen LogP contribution in [0.2, 0.25) is 0 Å². The van der Waals surface area contributed by atoms with Crippen LogP contribution in [0, 0.1) is 12.8 Å². The SMILES string of the molecule is Cc1cc(C(O)C2CC2c2ccccc2)nn1C. The molecule has 1 saturated carbocycles. The van der Waals surface area contributed by atoms with E-state index in [0.717, 1.165) is 17.8 Å². The van der Waals surface area contributed by atoms with Crippen molar-refractivity contribution < 1.29 is 5.11 Å². The second-order valence-corrected chi connectivity index (χ2v) is 5.20. The van der Waals surface area contributed by atoms with Crippen LogP contribution in [0.1, 0.15) is 35.4 Å². The van der Waals surface area contributed by atoms with Gasteiger partial charge in [0.15, 0.2) is 0 Å². The van der Waals surface area contributed by atoms with Crippen LogP contribution in [-0.2, 0) is 7.05 Å². The Hall–Kier alpha value is -1.61. The Kier molecular flexibility index (Phi) is 2.71. The predicted molar refractivity (Wildman–Crippen MR) is 70.2 cm³/mol. The smallest absolute Gasteiger partial charge is 0.101 e. The number of aromatic nitrogens is 2. The molecule has 3 rings (SSSR count). The second kappa shape index (κ2) is 4.25. The fourth-order valence-corrected chi connectivity index (χ4v) is 2.60. The van der Waals surface area contributed by atoms with E-state index in [4.69, 9.17) is 0 Å². The molecular formula is C15H18N2O. The molecule has 3 nitrogen and oxygen atoms in total. The van der Waals surface area contributed by atoms with Gasteiger partial charge in [0.05, 0.1) is 5.69 Å². The predicted octanol–water partition coefficient (Wildman–Crippen LogP) is 2.57. The van der Waals surface area contributed by atoms with Crippen molar-refractivity contribution in [3.05, 3.63) is 53.3 Å². The zero-order valence-electron chi connectivity index (χ0n) is 10.7. The zero-order chi connectivity index (χ0) is 12.7. The summed E-state index contributed by atoms with van der Waals surface area (Å²) in [5, 5.41) is 14.7. The van der Waals surface area contributed by atoms with Crippen molar-refractivity contribution in [1.29, 1.82) is 0 Å². The van der Waals surface area contributed by atoms with Crippen LogP contribution < -0.4 is 0 Å². The molecule has 1 aliphatic carbocycles. The number of rotatable bonds is 3. The lowest BCUT2D eigenvalue weighted by Crippen LogP contribution is -2.03. The highest BCUT2D eigenvalue weighted by Crippen LogP contribution is 2.53. The first-order chi connectivity index (χ1) is 8.66. The zero-order valence-corrected chi connectivity index (χ0v) is 10.7. The van der Waals surface area contributed by atoms with Crippen molar-refractivity contribution in [3.63, 3.8) is 0 Å². The molecule has 0 bridgehead atoms. The van der Waals surface area contributed by atoms with Gasteiger partial charge < -0.3 is 5.11 Å². The van der Waals surface area contributed by atoms with Crippen molar-refractivity contribution >= 4 is 0 Å². The van der Waals surface area contributed by atoms with Gasteiger partial charge in [-0.1, -0.05) is 30.3 Å². The van der Waals surface area contributed by atoms with Gasteiger partial charge in [0.2, 0.25) is 0 Å². The molecule has 0 radical (unpaired) electrons. The van der Waals surface area contributed by atoms with Gasteiger partial charge >= 0.3 is 0 Å². The topological polar surface area (TPSA) is 38.1 Å². The third-order valence-corrected chi connectivity index (χ3v) is 3.91. The summed E-state index contributed by atoms with van der Waals surface area (Å²) in [5.41, 5.74) is 3.22. The molecule has 0 aliphatic heterocycles. The first-order valence-electron chi connectivity index (χ1n) is 6.40. The average Bonchev–Trinajstić information content (AvgIpc) is 3.11. The highest BCUT2D eigenvalue weighted by Gasteiger charge is 2.44. The quantitative estimate of drug-likeness (QED) is 0.898. The summed E-state index contributed by atoms with van der Waals surface area (Å²) < 4.78 is 1.82. The lowest BCUT2D eigenvalue weighted by molar-refractivity contribution is 0.146. The van der Waals surface area contributed by atoms with Gasteiger partial charge in [0, 0.05) is 12.7 Å². The highest BCUT2D eigenvalue weighted by molar-refractivity contribution is 5.28. The van der Waals surface area contributed by atoms with Gasteiger partial charge in [-0.2, -0.15) is 5.10 Å². The molecule has 2 aromatic rings. The van der Waals surface area contributed by atoms with Crippen molar-refractivity contribution in [1.82, 2.24) is 9.78 Å². The lowest BCUT2D eigenvalue weighted by Gasteiger charge is -2.07. The maximum atomic E-state index is 10.4. The van der Waals surface area contributed by atoms with Gasteiger partial charge in [-0.05, 0) is 36.8 Å². The van der Waals surface area contributed by atoms with E-state index in [1.165, 1.54) is 5.56 Å². The third-order valence-electron chi connectivity index (χ3n) is 3.91. The Morgan fingerprint density at radius 3 is 2.67 bits per heavy atom. The van der Waals surface area contributed by atoms with Crippen LogP contribution >= 0.6 is 0 Å². The van der Waals surface area contributed by atoms with Gasteiger partial charge in [0.1, 0.15) is 6.10 Å². The van der Waals surface area contributed by atoms with Crippen LogP contribution in [-0.4, -0.2) is 14.9 Å². The molecule has 0 saturated heterocycles. The molecule has 1 aliphatic rings. The molecular weight excluding hydrogens is 224 g/mol. The Morgan fingerprint density at radius 2 is 2.06 bits per heavy atom. The fourth-order valence-electron chi connectivity index (χ4n) is 2.60. The molecule has 94 valence electrons. The van der Waals surface area contributed by atoms with Crippen molar-refractivity contribution in [2.75, 3.05) is 0 Å². The minimum atomic E-state index is -0.435. The van der Waals surface area contributed by atoms with Crippen LogP contribution in [0.3, 0.4) is 0 Å². The Morgan fingerprint density at radius 1 is 1.33 bits per heavy atom. The van der Waals surface area contributed by atoms with Gasteiger partial charge in [0.25, 0.3) is 0 Å².